The SMILES string of the molecule is CCOC(=O)c1ccc(NC(=O)CC2S/C(=N\N=C\c3ccc(OC)cc3)N(c3c(C)n(C)n(-c4ccccc4)c3=O)C2=O)cc1. The van der Waals surface area contributed by atoms with E-state index in [1.807, 2.05) is 18.2 Å². The summed E-state index contributed by atoms with van der Waals surface area (Å²) in [5.41, 5.74) is 2.42. The number of hydrogen-bond donors (Lipinski definition) is 1. The van der Waals surface area contributed by atoms with E-state index in [1.165, 1.54) is 15.8 Å². The fraction of sp³-hybridized carbons (Fsp3) is 0.212. The number of carbonyl (C=O) groups excluding carboxylic acids is 3. The third-order valence-corrected chi connectivity index (χ3v) is 8.33. The lowest BCUT2D eigenvalue weighted by Gasteiger charge is -2.14. The summed E-state index contributed by atoms with van der Waals surface area (Å²) in [6.07, 6.45) is 1.33. The number of carbonyl (C=O) groups is 3. The minimum Gasteiger partial charge on any atom is -0.497 e. The second-order valence-corrected chi connectivity index (χ2v) is 11.3. The number of para-hydroxylation sites is 1. The van der Waals surface area contributed by atoms with Crippen molar-refractivity contribution in [1.29, 1.82) is 0 Å². The van der Waals surface area contributed by atoms with Crippen molar-refractivity contribution in [3.63, 3.8) is 0 Å². The topological polar surface area (TPSA) is 137 Å². The van der Waals surface area contributed by atoms with Crippen LogP contribution in [0.5, 0.6) is 5.75 Å². The molecule has 1 atom stereocenters. The van der Waals surface area contributed by atoms with Gasteiger partial charge >= 0.3 is 5.97 Å². The zero-order valence-electron chi connectivity index (χ0n) is 25.7. The number of hydrogen-bond acceptors (Lipinski definition) is 9. The summed E-state index contributed by atoms with van der Waals surface area (Å²) in [5, 5.41) is 10.6. The molecule has 236 valence electrons. The Kier molecular flexibility index (Phi) is 9.82. The lowest BCUT2D eigenvalue weighted by Crippen LogP contribution is -2.37. The van der Waals surface area contributed by atoms with E-state index >= 15 is 0 Å². The number of nitrogens with one attached hydrogen (secondary N) is 1. The van der Waals surface area contributed by atoms with Gasteiger partial charge in [0.2, 0.25) is 11.8 Å². The molecular formula is C33H32N6O6S. The van der Waals surface area contributed by atoms with E-state index in [9.17, 15) is 19.2 Å². The highest BCUT2D eigenvalue weighted by Gasteiger charge is 2.43. The molecule has 0 saturated carbocycles. The van der Waals surface area contributed by atoms with Gasteiger partial charge in [0.15, 0.2) is 5.17 Å². The normalized spacial score (nSPS) is 15.5. The Morgan fingerprint density at radius 3 is 2.35 bits per heavy atom. The van der Waals surface area contributed by atoms with Crippen molar-refractivity contribution in [2.24, 2.45) is 17.3 Å². The number of rotatable bonds is 10. The molecule has 13 heteroatoms. The lowest BCUT2D eigenvalue weighted by atomic mass is 10.2. The van der Waals surface area contributed by atoms with Crippen LogP contribution in [0.15, 0.2) is 93.9 Å². The number of amidine groups is 1. The Labute approximate surface area is 269 Å². The van der Waals surface area contributed by atoms with E-state index in [0.717, 1.165) is 17.3 Å². The molecule has 0 spiro atoms. The summed E-state index contributed by atoms with van der Waals surface area (Å²) in [5.74, 6) is -0.666. The summed E-state index contributed by atoms with van der Waals surface area (Å²) >= 11 is 1.06. The van der Waals surface area contributed by atoms with Crippen LogP contribution in [0.2, 0.25) is 0 Å². The summed E-state index contributed by atoms with van der Waals surface area (Å²) in [7, 11) is 3.31. The van der Waals surface area contributed by atoms with Crippen LogP contribution >= 0.6 is 11.8 Å². The van der Waals surface area contributed by atoms with Gasteiger partial charge in [-0.3, -0.25) is 19.1 Å². The highest BCUT2D eigenvalue weighted by molar-refractivity contribution is 8.16. The van der Waals surface area contributed by atoms with Crippen molar-refractivity contribution in [2.75, 3.05) is 23.9 Å². The molecule has 2 heterocycles. The highest BCUT2D eigenvalue weighted by Crippen LogP contribution is 2.34. The summed E-state index contributed by atoms with van der Waals surface area (Å²) in [4.78, 5) is 54.0. The van der Waals surface area contributed by atoms with Crippen molar-refractivity contribution >= 4 is 52.3 Å². The van der Waals surface area contributed by atoms with Gasteiger partial charge in [0.05, 0.1) is 36.9 Å². The molecule has 1 aromatic heterocycles. The molecule has 1 saturated heterocycles. The van der Waals surface area contributed by atoms with Gasteiger partial charge in [0.1, 0.15) is 16.7 Å². The molecular weight excluding hydrogens is 608 g/mol. The molecule has 2 amide bonds. The molecule has 4 aromatic rings. The van der Waals surface area contributed by atoms with Crippen LogP contribution in [0, 0.1) is 6.92 Å². The fourth-order valence-electron chi connectivity index (χ4n) is 4.80. The average molecular weight is 641 g/mol. The van der Waals surface area contributed by atoms with Crippen LogP contribution in [-0.2, 0) is 21.4 Å². The quantitative estimate of drug-likeness (QED) is 0.153. The number of esters is 1. The fourth-order valence-corrected chi connectivity index (χ4v) is 5.88. The Balaban J connectivity index is 1.43. The average Bonchev–Trinajstić information content (AvgIpc) is 3.47. The molecule has 1 aliphatic heterocycles. The summed E-state index contributed by atoms with van der Waals surface area (Å²) in [6.45, 7) is 3.71. The Morgan fingerprint density at radius 2 is 1.70 bits per heavy atom. The van der Waals surface area contributed by atoms with E-state index in [2.05, 4.69) is 15.5 Å². The number of thioether (sulfide) groups is 1. The maximum absolute atomic E-state index is 13.9. The predicted molar refractivity (Wildman–Crippen MR) is 178 cm³/mol. The molecule has 1 aliphatic rings. The first-order valence-corrected chi connectivity index (χ1v) is 15.3. The van der Waals surface area contributed by atoms with E-state index in [-0.39, 0.29) is 23.9 Å². The highest BCUT2D eigenvalue weighted by atomic mass is 32.2. The minimum absolute atomic E-state index is 0.125. The first-order valence-electron chi connectivity index (χ1n) is 14.4. The van der Waals surface area contributed by atoms with Crippen LogP contribution in [0.3, 0.4) is 0 Å². The first-order chi connectivity index (χ1) is 22.2. The third-order valence-electron chi connectivity index (χ3n) is 7.20. The maximum Gasteiger partial charge on any atom is 0.338 e. The van der Waals surface area contributed by atoms with Crippen molar-refractivity contribution in [1.82, 2.24) is 9.36 Å². The standard InChI is InChI=1S/C33H32N6O6S/c1-5-45-32(43)23-13-15-24(16-14-23)35-28(40)19-27-30(41)38(33(46-27)36-34-20-22-11-17-26(44-4)18-12-22)29-21(2)37(3)39(31(29)42)25-9-7-6-8-10-25/h6-18,20,27H,5,19H2,1-4H3,(H,35,40)/b34-20+,36-33-. The van der Waals surface area contributed by atoms with Gasteiger partial charge < -0.3 is 14.8 Å². The predicted octanol–water partition coefficient (Wildman–Crippen LogP) is 4.54. The number of ether oxygens (including phenoxy) is 2. The smallest absolute Gasteiger partial charge is 0.338 e. The molecule has 0 aliphatic carbocycles. The number of anilines is 2. The molecule has 1 unspecified atom stereocenters. The van der Waals surface area contributed by atoms with Gasteiger partial charge in [-0.25, -0.2) is 14.4 Å². The number of benzene rings is 3. The van der Waals surface area contributed by atoms with Crippen molar-refractivity contribution in [2.45, 2.75) is 25.5 Å². The number of nitrogens with zero attached hydrogens (tertiary/aromatic N) is 5. The molecule has 0 radical (unpaired) electrons. The first kappa shape index (κ1) is 32.0. The number of amides is 2. The van der Waals surface area contributed by atoms with Crippen LogP contribution in [-0.4, -0.2) is 57.5 Å². The van der Waals surface area contributed by atoms with E-state index in [4.69, 9.17) is 9.47 Å². The monoisotopic (exact) mass is 640 g/mol. The second-order valence-electron chi connectivity index (χ2n) is 10.1. The van der Waals surface area contributed by atoms with Gasteiger partial charge in [0, 0.05) is 19.2 Å². The van der Waals surface area contributed by atoms with E-state index in [1.54, 1.807) is 93.4 Å². The molecule has 0 bridgehead atoms. The van der Waals surface area contributed by atoms with Gasteiger partial charge in [-0.15, -0.1) is 5.10 Å². The van der Waals surface area contributed by atoms with Crippen LogP contribution in [0.1, 0.15) is 35.0 Å². The van der Waals surface area contributed by atoms with Crippen molar-refractivity contribution in [3.05, 3.63) is 106 Å². The van der Waals surface area contributed by atoms with Crippen LogP contribution in [0.4, 0.5) is 11.4 Å². The van der Waals surface area contributed by atoms with E-state index < -0.39 is 28.6 Å². The third kappa shape index (κ3) is 6.79. The maximum atomic E-state index is 13.9. The molecule has 5 rings (SSSR count). The summed E-state index contributed by atoms with van der Waals surface area (Å²) in [6, 6.07) is 22.5. The van der Waals surface area contributed by atoms with E-state index in [0.29, 0.717) is 28.4 Å². The van der Waals surface area contributed by atoms with Gasteiger partial charge in [-0.1, -0.05) is 30.0 Å². The van der Waals surface area contributed by atoms with Crippen LogP contribution in [0.25, 0.3) is 5.69 Å². The zero-order chi connectivity index (χ0) is 32.8. The van der Waals surface area contributed by atoms with Crippen molar-refractivity contribution < 1.29 is 23.9 Å². The van der Waals surface area contributed by atoms with Crippen molar-refractivity contribution in [3.8, 4) is 11.4 Å². The molecule has 46 heavy (non-hydrogen) atoms. The van der Waals surface area contributed by atoms with Gasteiger partial charge in [-0.05, 0) is 80.1 Å². The van der Waals surface area contributed by atoms with Gasteiger partial charge in [0.25, 0.3) is 5.56 Å². The minimum atomic E-state index is -0.877. The number of methoxy groups -OCH3 is 1. The molecule has 1 fully saturated rings. The zero-order valence-corrected chi connectivity index (χ0v) is 26.5. The lowest BCUT2D eigenvalue weighted by molar-refractivity contribution is -0.121. The van der Waals surface area contributed by atoms with Crippen LogP contribution < -0.4 is 20.5 Å². The molecule has 3 aromatic carbocycles. The Bertz CT molecular complexity index is 1860. The van der Waals surface area contributed by atoms with Gasteiger partial charge in [-0.2, -0.15) is 5.10 Å². The second kappa shape index (κ2) is 14.1. The largest absolute Gasteiger partial charge is 0.497 e. The Hall–Kier alpha value is -5.43. The number of aromatic nitrogens is 2. The molecule has 12 nitrogen and oxygen atoms in total. The summed E-state index contributed by atoms with van der Waals surface area (Å²) < 4.78 is 13.3. The molecule has 1 N–H and O–H groups in total. The Morgan fingerprint density at radius 1 is 1.00 bits per heavy atom.